The van der Waals surface area contributed by atoms with Gasteiger partial charge < -0.3 is 11.1 Å². The molecule has 1 amide bonds. The molecule has 0 spiro atoms. The number of nitrogens with one attached hydrogen (secondary N) is 1. The van der Waals surface area contributed by atoms with E-state index in [2.05, 4.69) is 5.32 Å². The van der Waals surface area contributed by atoms with E-state index < -0.39 is 10.8 Å². The number of rotatable bonds is 4. The summed E-state index contributed by atoms with van der Waals surface area (Å²) in [5.41, 5.74) is 7.82. The zero-order chi connectivity index (χ0) is 17.1. The largest absolute Gasteiger partial charge is 0.397 e. The van der Waals surface area contributed by atoms with Crippen LogP contribution in [0.15, 0.2) is 60.0 Å². The minimum absolute atomic E-state index is 0.136. The van der Waals surface area contributed by atoms with Gasteiger partial charge in [0.2, 0.25) is 0 Å². The summed E-state index contributed by atoms with van der Waals surface area (Å²) >= 11 is 1.58. The molecule has 0 saturated carbocycles. The molecule has 0 aliphatic carbocycles. The highest BCUT2D eigenvalue weighted by atomic mass is 32.1. The molecule has 0 aliphatic heterocycles. The molecular weight excluding hydrogens is 326 g/mol. The van der Waals surface area contributed by atoms with Crippen LogP contribution in [-0.4, -0.2) is 10.8 Å². The normalized spacial score (nSPS) is 10.3. The van der Waals surface area contributed by atoms with Crippen molar-refractivity contribution >= 4 is 34.3 Å². The first kappa shape index (κ1) is 15.7. The van der Waals surface area contributed by atoms with Crippen molar-refractivity contribution in [2.24, 2.45) is 0 Å². The second-order valence-electron chi connectivity index (χ2n) is 5.04. The second-order valence-corrected chi connectivity index (χ2v) is 5.99. The van der Waals surface area contributed by atoms with E-state index in [-0.39, 0.29) is 11.3 Å². The van der Waals surface area contributed by atoms with Gasteiger partial charge in [0.05, 0.1) is 16.3 Å². The predicted octanol–water partition coefficient (Wildman–Crippen LogP) is 4.16. The quantitative estimate of drug-likeness (QED) is 0.423. The molecule has 6 nitrogen and oxygen atoms in total. The van der Waals surface area contributed by atoms with E-state index in [4.69, 9.17) is 5.73 Å². The zero-order valence-corrected chi connectivity index (χ0v) is 13.2. The number of nitrogen functional groups attached to an aromatic ring is 1. The van der Waals surface area contributed by atoms with Crippen LogP contribution in [0.4, 0.5) is 17.1 Å². The minimum Gasteiger partial charge on any atom is -0.397 e. The van der Waals surface area contributed by atoms with Crippen molar-refractivity contribution < 1.29 is 9.72 Å². The van der Waals surface area contributed by atoms with Gasteiger partial charge in [0.1, 0.15) is 0 Å². The Balaban J connectivity index is 1.88. The molecule has 0 unspecified atom stereocenters. The summed E-state index contributed by atoms with van der Waals surface area (Å²) in [5.74, 6) is -0.450. The summed E-state index contributed by atoms with van der Waals surface area (Å²) < 4.78 is 0. The van der Waals surface area contributed by atoms with Crippen LogP contribution in [0.3, 0.4) is 0 Å². The van der Waals surface area contributed by atoms with Crippen molar-refractivity contribution in [3.8, 4) is 10.4 Å². The SMILES string of the molecule is Nc1ccc(-c2cccs2)cc1NC(=O)c1cccc([N+](=O)[O-])c1. The summed E-state index contributed by atoms with van der Waals surface area (Å²) in [4.78, 5) is 23.7. The molecule has 1 heterocycles. The molecule has 3 aromatic rings. The molecule has 1 aromatic heterocycles. The Kier molecular flexibility index (Phi) is 4.26. The van der Waals surface area contributed by atoms with Gasteiger partial charge in [-0.15, -0.1) is 11.3 Å². The first-order chi connectivity index (χ1) is 11.5. The molecule has 3 rings (SSSR count). The molecule has 120 valence electrons. The average molecular weight is 339 g/mol. The van der Waals surface area contributed by atoms with E-state index >= 15 is 0 Å². The topological polar surface area (TPSA) is 98.3 Å². The molecule has 0 atom stereocenters. The van der Waals surface area contributed by atoms with Crippen LogP contribution >= 0.6 is 11.3 Å². The molecule has 0 radical (unpaired) electrons. The number of amides is 1. The van der Waals surface area contributed by atoms with Crippen LogP contribution in [-0.2, 0) is 0 Å². The monoisotopic (exact) mass is 339 g/mol. The lowest BCUT2D eigenvalue weighted by Crippen LogP contribution is -2.13. The van der Waals surface area contributed by atoms with Gasteiger partial charge in [-0.3, -0.25) is 14.9 Å². The summed E-state index contributed by atoms with van der Waals surface area (Å²) in [7, 11) is 0. The van der Waals surface area contributed by atoms with E-state index in [1.807, 2.05) is 23.6 Å². The summed E-state index contributed by atoms with van der Waals surface area (Å²) in [6.07, 6.45) is 0. The van der Waals surface area contributed by atoms with Crippen molar-refractivity contribution in [3.63, 3.8) is 0 Å². The van der Waals surface area contributed by atoms with Crippen LogP contribution in [0.25, 0.3) is 10.4 Å². The standard InChI is InChI=1S/C17H13N3O3S/c18-14-7-6-11(16-5-2-8-24-16)10-15(14)19-17(21)12-3-1-4-13(9-12)20(22)23/h1-10H,18H2,(H,19,21). The van der Waals surface area contributed by atoms with E-state index in [9.17, 15) is 14.9 Å². The number of carbonyl (C=O) groups excluding carboxylic acids is 1. The highest BCUT2D eigenvalue weighted by molar-refractivity contribution is 7.13. The number of nitrogens with two attached hydrogens (primary N) is 1. The Morgan fingerprint density at radius 3 is 2.67 bits per heavy atom. The van der Waals surface area contributed by atoms with Crippen molar-refractivity contribution in [1.82, 2.24) is 0 Å². The van der Waals surface area contributed by atoms with Crippen molar-refractivity contribution in [1.29, 1.82) is 0 Å². The number of carbonyl (C=O) groups is 1. The van der Waals surface area contributed by atoms with Crippen LogP contribution in [0.1, 0.15) is 10.4 Å². The van der Waals surface area contributed by atoms with Gasteiger partial charge in [0, 0.05) is 22.6 Å². The summed E-state index contributed by atoms with van der Waals surface area (Å²) in [6.45, 7) is 0. The zero-order valence-electron chi connectivity index (χ0n) is 12.4. The minimum atomic E-state index is -0.539. The molecular formula is C17H13N3O3S. The maximum Gasteiger partial charge on any atom is 0.270 e. The lowest BCUT2D eigenvalue weighted by atomic mass is 10.1. The molecule has 0 saturated heterocycles. The molecule has 7 heteroatoms. The number of nitro groups is 1. The fourth-order valence-electron chi connectivity index (χ4n) is 2.22. The third-order valence-electron chi connectivity index (χ3n) is 3.43. The lowest BCUT2D eigenvalue weighted by Gasteiger charge is -2.10. The smallest absolute Gasteiger partial charge is 0.270 e. The number of nitrogens with zero attached hydrogens (tertiary/aromatic N) is 1. The number of hydrogen-bond acceptors (Lipinski definition) is 5. The number of hydrogen-bond donors (Lipinski definition) is 2. The molecule has 0 fully saturated rings. The van der Waals surface area contributed by atoms with Crippen molar-refractivity contribution in [3.05, 3.63) is 75.7 Å². The van der Waals surface area contributed by atoms with Crippen LogP contribution in [0, 0.1) is 10.1 Å². The Bertz CT molecular complexity index is 907. The number of benzene rings is 2. The van der Waals surface area contributed by atoms with Gasteiger partial charge in [-0.2, -0.15) is 0 Å². The van der Waals surface area contributed by atoms with Gasteiger partial charge in [-0.1, -0.05) is 18.2 Å². The Labute approximate surface area is 141 Å². The highest BCUT2D eigenvalue weighted by Gasteiger charge is 2.13. The van der Waals surface area contributed by atoms with Crippen molar-refractivity contribution in [2.75, 3.05) is 11.1 Å². The molecule has 24 heavy (non-hydrogen) atoms. The number of anilines is 2. The number of non-ortho nitro benzene ring substituents is 1. The van der Waals surface area contributed by atoms with Crippen LogP contribution in [0.2, 0.25) is 0 Å². The van der Waals surface area contributed by atoms with E-state index in [0.717, 1.165) is 10.4 Å². The fourth-order valence-corrected chi connectivity index (χ4v) is 2.94. The lowest BCUT2D eigenvalue weighted by molar-refractivity contribution is -0.384. The fraction of sp³-hybridized carbons (Fsp3) is 0. The van der Waals surface area contributed by atoms with E-state index in [1.165, 1.54) is 24.3 Å². The maximum absolute atomic E-state index is 12.4. The molecule has 3 N–H and O–H groups in total. The maximum atomic E-state index is 12.4. The van der Waals surface area contributed by atoms with Gasteiger partial charge in [-0.25, -0.2) is 0 Å². The van der Waals surface area contributed by atoms with Gasteiger partial charge >= 0.3 is 0 Å². The Morgan fingerprint density at radius 1 is 1.12 bits per heavy atom. The first-order valence-corrected chi connectivity index (χ1v) is 7.92. The predicted molar refractivity (Wildman–Crippen MR) is 95.2 cm³/mol. The van der Waals surface area contributed by atoms with Crippen LogP contribution in [0.5, 0.6) is 0 Å². The van der Waals surface area contributed by atoms with E-state index in [1.54, 1.807) is 23.5 Å². The highest BCUT2D eigenvalue weighted by Crippen LogP contribution is 2.30. The molecule has 0 bridgehead atoms. The number of nitro benzene ring substituents is 1. The third kappa shape index (κ3) is 3.26. The first-order valence-electron chi connectivity index (χ1n) is 7.04. The van der Waals surface area contributed by atoms with Crippen molar-refractivity contribution in [2.45, 2.75) is 0 Å². The van der Waals surface area contributed by atoms with Gasteiger partial charge in [0.15, 0.2) is 0 Å². The second kappa shape index (κ2) is 6.51. The Hall–Kier alpha value is -3.19. The van der Waals surface area contributed by atoms with Gasteiger partial charge in [-0.05, 0) is 35.2 Å². The third-order valence-corrected chi connectivity index (χ3v) is 4.35. The molecule has 2 aromatic carbocycles. The molecule has 0 aliphatic rings. The van der Waals surface area contributed by atoms with E-state index in [0.29, 0.717) is 11.4 Å². The summed E-state index contributed by atoms with van der Waals surface area (Å²) in [5, 5.41) is 15.5. The van der Waals surface area contributed by atoms with Crippen LogP contribution < -0.4 is 11.1 Å². The summed E-state index contributed by atoms with van der Waals surface area (Å²) in [6, 6.07) is 14.9. The number of thiophene rings is 1. The Morgan fingerprint density at radius 2 is 1.96 bits per heavy atom. The van der Waals surface area contributed by atoms with Gasteiger partial charge in [0.25, 0.3) is 11.6 Å². The average Bonchev–Trinajstić information content (AvgIpc) is 3.11.